The second-order valence-corrected chi connectivity index (χ2v) is 5.98. The van der Waals surface area contributed by atoms with E-state index in [1.807, 2.05) is 0 Å². The molecule has 1 aromatic rings. The highest BCUT2D eigenvalue weighted by atomic mass is 14.5. The van der Waals surface area contributed by atoms with Gasteiger partial charge in [-0.2, -0.15) is 5.26 Å². The predicted molar refractivity (Wildman–Crippen MR) is 70.8 cm³/mol. The molecule has 1 aliphatic carbocycles. The summed E-state index contributed by atoms with van der Waals surface area (Å²) < 4.78 is 0. The first-order valence-corrected chi connectivity index (χ1v) is 6.47. The van der Waals surface area contributed by atoms with Crippen LogP contribution in [0.25, 0.3) is 0 Å². The van der Waals surface area contributed by atoms with Gasteiger partial charge in [-0.15, -0.1) is 0 Å². The first kappa shape index (κ1) is 12.2. The van der Waals surface area contributed by atoms with Crippen LogP contribution in [0.15, 0.2) is 18.2 Å². The molecule has 0 bridgehead atoms. The highest BCUT2D eigenvalue weighted by Crippen LogP contribution is 2.50. The molecular formula is C16H21N. The summed E-state index contributed by atoms with van der Waals surface area (Å²) in [6.07, 6.45) is 2.06. The van der Waals surface area contributed by atoms with Crippen molar-refractivity contribution in [1.29, 1.82) is 5.26 Å². The van der Waals surface area contributed by atoms with E-state index in [1.165, 1.54) is 16.7 Å². The molecule has 90 valence electrons. The topological polar surface area (TPSA) is 23.8 Å². The number of hydrogen-bond donors (Lipinski definition) is 0. The van der Waals surface area contributed by atoms with Gasteiger partial charge in [0.15, 0.2) is 0 Å². The zero-order valence-electron chi connectivity index (χ0n) is 11.2. The van der Waals surface area contributed by atoms with Crippen molar-refractivity contribution in [3.63, 3.8) is 0 Å². The fraction of sp³-hybridized carbons (Fsp3) is 0.562. The van der Waals surface area contributed by atoms with Gasteiger partial charge < -0.3 is 0 Å². The second-order valence-electron chi connectivity index (χ2n) is 5.98. The van der Waals surface area contributed by atoms with Crippen LogP contribution in [-0.4, -0.2) is 0 Å². The third-order valence-electron chi connectivity index (χ3n) is 4.15. The van der Waals surface area contributed by atoms with Crippen LogP contribution in [0, 0.1) is 37.0 Å². The summed E-state index contributed by atoms with van der Waals surface area (Å²) in [5.41, 5.74) is 3.56. The predicted octanol–water partition coefficient (Wildman–Crippen LogP) is 4.13. The Morgan fingerprint density at radius 3 is 2.12 bits per heavy atom. The molecule has 1 nitrogen and oxygen atoms in total. The molecule has 0 aliphatic heterocycles. The largest absolute Gasteiger partial charge is 0.197 e. The van der Waals surface area contributed by atoms with Crippen molar-refractivity contribution in [2.45, 2.75) is 46.0 Å². The van der Waals surface area contributed by atoms with E-state index in [4.69, 9.17) is 0 Å². The van der Waals surface area contributed by atoms with Crippen LogP contribution in [0.3, 0.4) is 0 Å². The zero-order chi connectivity index (χ0) is 12.6. The molecule has 0 amide bonds. The molecule has 1 heteroatoms. The molecule has 0 atom stereocenters. The van der Waals surface area contributed by atoms with Crippen LogP contribution < -0.4 is 0 Å². The van der Waals surface area contributed by atoms with E-state index in [0.29, 0.717) is 5.92 Å². The van der Waals surface area contributed by atoms with Crippen molar-refractivity contribution in [2.24, 2.45) is 11.8 Å². The van der Waals surface area contributed by atoms with Gasteiger partial charge in [0.2, 0.25) is 0 Å². The lowest BCUT2D eigenvalue weighted by Crippen LogP contribution is -2.42. The Labute approximate surface area is 104 Å². The Morgan fingerprint density at radius 2 is 1.71 bits per heavy atom. The summed E-state index contributed by atoms with van der Waals surface area (Å²) >= 11 is 0. The standard InChI is InChI=1S/C16H21N/c1-11(2)14-8-16(9-14,10-17)15-6-12(3)5-13(4)7-15/h5-7,11,14H,8-9H2,1-4H3. The quantitative estimate of drug-likeness (QED) is 0.745. The Hall–Kier alpha value is -1.29. The average Bonchev–Trinajstić information content (AvgIpc) is 2.14. The second kappa shape index (κ2) is 4.18. The van der Waals surface area contributed by atoms with E-state index < -0.39 is 0 Å². The van der Waals surface area contributed by atoms with Gasteiger partial charge in [0.25, 0.3) is 0 Å². The number of nitriles is 1. The van der Waals surface area contributed by atoms with E-state index in [-0.39, 0.29) is 5.41 Å². The highest BCUT2D eigenvalue weighted by molar-refractivity contribution is 5.40. The number of aryl methyl sites for hydroxylation is 2. The molecule has 2 rings (SSSR count). The molecule has 1 fully saturated rings. The Morgan fingerprint density at radius 1 is 1.18 bits per heavy atom. The smallest absolute Gasteiger partial charge is 0.0828 e. The lowest BCUT2D eigenvalue weighted by molar-refractivity contribution is 0.145. The lowest BCUT2D eigenvalue weighted by atomic mass is 9.56. The molecular weight excluding hydrogens is 206 g/mol. The van der Waals surface area contributed by atoms with E-state index in [0.717, 1.165) is 18.8 Å². The van der Waals surface area contributed by atoms with E-state index in [2.05, 4.69) is 52.0 Å². The number of rotatable bonds is 2. The first-order chi connectivity index (χ1) is 7.97. The number of hydrogen-bond acceptors (Lipinski definition) is 1. The monoisotopic (exact) mass is 227 g/mol. The van der Waals surface area contributed by atoms with Crippen LogP contribution >= 0.6 is 0 Å². The minimum absolute atomic E-state index is 0.203. The summed E-state index contributed by atoms with van der Waals surface area (Å²) in [6.45, 7) is 8.74. The number of benzene rings is 1. The van der Waals surface area contributed by atoms with E-state index in [1.54, 1.807) is 0 Å². The Balaban J connectivity index is 2.30. The van der Waals surface area contributed by atoms with Crippen molar-refractivity contribution in [3.05, 3.63) is 34.9 Å². The summed E-state index contributed by atoms with van der Waals surface area (Å²) in [5, 5.41) is 9.52. The molecule has 1 aromatic carbocycles. The molecule has 0 saturated heterocycles. The average molecular weight is 227 g/mol. The molecule has 0 spiro atoms. The minimum Gasteiger partial charge on any atom is -0.197 e. The summed E-state index contributed by atoms with van der Waals surface area (Å²) in [7, 11) is 0. The molecule has 0 N–H and O–H groups in total. The molecule has 0 unspecified atom stereocenters. The maximum absolute atomic E-state index is 9.52. The maximum Gasteiger partial charge on any atom is 0.0828 e. The lowest BCUT2D eigenvalue weighted by Gasteiger charge is -2.45. The zero-order valence-corrected chi connectivity index (χ0v) is 11.2. The van der Waals surface area contributed by atoms with Crippen LogP contribution in [-0.2, 0) is 5.41 Å². The van der Waals surface area contributed by atoms with Gasteiger partial charge in [0.1, 0.15) is 0 Å². The van der Waals surface area contributed by atoms with Crippen molar-refractivity contribution >= 4 is 0 Å². The number of nitrogens with zero attached hydrogens (tertiary/aromatic N) is 1. The van der Waals surface area contributed by atoms with E-state index >= 15 is 0 Å². The van der Waals surface area contributed by atoms with Gasteiger partial charge in [-0.3, -0.25) is 0 Å². The van der Waals surface area contributed by atoms with Crippen LogP contribution in [0.5, 0.6) is 0 Å². The third kappa shape index (κ3) is 2.09. The molecule has 0 heterocycles. The van der Waals surface area contributed by atoms with Gasteiger partial charge in [-0.05, 0) is 44.1 Å². The van der Waals surface area contributed by atoms with Crippen LogP contribution in [0.1, 0.15) is 43.4 Å². The fourth-order valence-electron chi connectivity index (χ4n) is 2.95. The maximum atomic E-state index is 9.52. The van der Waals surface area contributed by atoms with Crippen LogP contribution in [0.2, 0.25) is 0 Å². The molecule has 17 heavy (non-hydrogen) atoms. The first-order valence-electron chi connectivity index (χ1n) is 6.47. The minimum atomic E-state index is -0.203. The van der Waals surface area contributed by atoms with Crippen molar-refractivity contribution in [1.82, 2.24) is 0 Å². The van der Waals surface area contributed by atoms with Gasteiger partial charge in [0.05, 0.1) is 11.5 Å². The van der Waals surface area contributed by atoms with Crippen molar-refractivity contribution < 1.29 is 0 Å². The summed E-state index contributed by atoms with van der Waals surface area (Å²) in [6, 6.07) is 9.12. The summed E-state index contributed by atoms with van der Waals surface area (Å²) in [4.78, 5) is 0. The fourth-order valence-corrected chi connectivity index (χ4v) is 2.95. The van der Waals surface area contributed by atoms with Crippen molar-refractivity contribution in [3.8, 4) is 6.07 Å². The van der Waals surface area contributed by atoms with E-state index in [9.17, 15) is 5.26 Å². The van der Waals surface area contributed by atoms with Gasteiger partial charge in [-0.25, -0.2) is 0 Å². The van der Waals surface area contributed by atoms with Crippen molar-refractivity contribution in [2.75, 3.05) is 0 Å². The SMILES string of the molecule is Cc1cc(C)cc(C2(C#N)CC(C(C)C)C2)c1. The third-order valence-corrected chi connectivity index (χ3v) is 4.15. The van der Waals surface area contributed by atoms with Gasteiger partial charge >= 0.3 is 0 Å². The Kier molecular flexibility index (Phi) is 3.00. The summed E-state index contributed by atoms with van der Waals surface area (Å²) in [5.74, 6) is 1.41. The highest BCUT2D eigenvalue weighted by Gasteiger charge is 2.46. The molecule has 1 aliphatic rings. The Bertz CT molecular complexity index is 439. The van der Waals surface area contributed by atoms with Gasteiger partial charge in [0, 0.05) is 0 Å². The van der Waals surface area contributed by atoms with Crippen LogP contribution in [0.4, 0.5) is 0 Å². The molecule has 0 aromatic heterocycles. The molecule has 0 radical (unpaired) electrons. The normalized spacial score (nSPS) is 27.6. The van der Waals surface area contributed by atoms with Gasteiger partial charge in [-0.1, -0.05) is 43.2 Å². The molecule has 1 saturated carbocycles.